The molecule has 0 saturated carbocycles. The summed E-state index contributed by atoms with van der Waals surface area (Å²) < 4.78 is 5.15. The van der Waals surface area contributed by atoms with Gasteiger partial charge in [0.15, 0.2) is 11.6 Å². The lowest BCUT2D eigenvalue weighted by molar-refractivity contribution is 0.310. The van der Waals surface area contributed by atoms with Gasteiger partial charge in [-0.25, -0.2) is 0 Å². The highest BCUT2D eigenvalue weighted by molar-refractivity contribution is 6.30. The number of aliphatic hydroxyl groups is 1. The van der Waals surface area contributed by atoms with Crippen LogP contribution in [-0.4, -0.2) is 23.4 Å². The van der Waals surface area contributed by atoms with E-state index in [2.05, 4.69) is 10.5 Å². The first kappa shape index (κ1) is 11.0. The van der Waals surface area contributed by atoms with Gasteiger partial charge in [0, 0.05) is 23.2 Å². The van der Waals surface area contributed by atoms with E-state index in [9.17, 15) is 0 Å². The standard InChI is InChI=1S/C11H11ClN2O2/c12-9-3-1-8(2-4-9)10-7-11(14-16-10)13-5-6-15/h1-4,7,15H,5-6H2,(H,13,14). The zero-order valence-electron chi connectivity index (χ0n) is 8.48. The molecular formula is C11H11ClN2O2. The number of halogens is 1. The highest BCUT2D eigenvalue weighted by atomic mass is 35.5. The van der Waals surface area contributed by atoms with Crippen LogP contribution in [-0.2, 0) is 0 Å². The predicted octanol–water partition coefficient (Wildman–Crippen LogP) is 2.40. The summed E-state index contributed by atoms with van der Waals surface area (Å²) in [6.07, 6.45) is 0. The average molecular weight is 239 g/mol. The maximum atomic E-state index is 8.65. The van der Waals surface area contributed by atoms with Crippen LogP contribution in [0.15, 0.2) is 34.9 Å². The monoisotopic (exact) mass is 238 g/mol. The molecule has 5 heteroatoms. The normalized spacial score (nSPS) is 10.4. The number of anilines is 1. The van der Waals surface area contributed by atoms with Gasteiger partial charge in [-0.15, -0.1) is 0 Å². The van der Waals surface area contributed by atoms with Crippen LogP contribution >= 0.6 is 11.6 Å². The third kappa shape index (κ3) is 2.53. The van der Waals surface area contributed by atoms with Crippen LogP contribution in [0, 0.1) is 0 Å². The number of nitrogens with one attached hydrogen (secondary N) is 1. The van der Waals surface area contributed by atoms with Gasteiger partial charge < -0.3 is 14.9 Å². The van der Waals surface area contributed by atoms with Gasteiger partial charge in [-0.2, -0.15) is 0 Å². The Morgan fingerprint density at radius 1 is 1.31 bits per heavy atom. The van der Waals surface area contributed by atoms with Crippen LogP contribution in [0.1, 0.15) is 0 Å². The molecule has 0 aliphatic rings. The molecule has 1 aromatic heterocycles. The molecule has 0 radical (unpaired) electrons. The molecule has 0 spiro atoms. The Morgan fingerprint density at radius 3 is 2.75 bits per heavy atom. The van der Waals surface area contributed by atoms with Gasteiger partial charge >= 0.3 is 0 Å². The largest absolute Gasteiger partial charge is 0.395 e. The summed E-state index contributed by atoms with van der Waals surface area (Å²) in [6.45, 7) is 0.510. The van der Waals surface area contributed by atoms with Crippen molar-refractivity contribution in [1.82, 2.24) is 5.16 Å². The maximum absolute atomic E-state index is 8.65. The second-order valence-corrected chi connectivity index (χ2v) is 3.67. The Bertz CT molecular complexity index is 453. The summed E-state index contributed by atoms with van der Waals surface area (Å²) >= 11 is 5.79. The summed E-state index contributed by atoms with van der Waals surface area (Å²) in [6, 6.07) is 9.08. The number of benzene rings is 1. The topological polar surface area (TPSA) is 58.3 Å². The van der Waals surface area contributed by atoms with Gasteiger partial charge in [-0.3, -0.25) is 0 Å². The second kappa shape index (κ2) is 5.01. The van der Waals surface area contributed by atoms with E-state index in [0.717, 1.165) is 5.56 Å². The molecule has 1 aromatic carbocycles. The molecule has 1 heterocycles. The van der Waals surface area contributed by atoms with E-state index in [0.29, 0.717) is 23.1 Å². The maximum Gasteiger partial charge on any atom is 0.170 e. The first-order chi connectivity index (χ1) is 7.79. The fourth-order valence-electron chi connectivity index (χ4n) is 1.29. The zero-order valence-corrected chi connectivity index (χ0v) is 9.24. The van der Waals surface area contributed by atoms with Crippen molar-refractivity contribution < 1.29 is 9.63 Å². The van der Waals surface area contributed by atoms with Gasteiger partial charge in [0.1, 0.15) is 0 Å². The molecule has 0 aliphatic heterocycles. The Labute approximate surface area is 97.8 Å². The van der Waals surface area contributed by atoms with Gasteiger partial charge in [-0.05, 0) is 24.3 Å². The lowest BCUT2D eigenvalue weighted by Gasteiger charge is -1.95. The number of aromatic nitrogens is 1. The van der Waals surface area contributed by atoms with Crippen molar-refractivity contribution in [3.63, 3.8) is 0 Å². The summed E-state index contributed by atoms with van der Waals surface area (Å²) in [4.78, 5) is 0. The summed E-state index contributed by atoms with van der Waals surface area (Å²) in [5.41, 5.74) is 0.911. The number of nitrogens with zero attached hydrogens (tertiary/aromatic N) is 1. The van der Waals surface area contributed by atoms with E-state index >= 15 is 0 Å². The lowest BCUT2D eigenvalue weighted by atomic mass is 10.2. The van der Waals surface area contributed by atoms with Crippen molar-refractivity contribution in [2.45, 2.75) is 0 Å². The minimum atomic E-state index is 0.0587. The zero-order chi connectivity index (χ0) is 11.4. The highest BCUT2D eigenvalue weighted by Gasteiger charge is 2.05. The van der Waals surface area contributed by atoms with Crippen molar-refractivity contribution >= 4 is 17.4 Å². The van der Waals surface area contributed by atoms with Crippen molar-refractivity contribution in [2.24, 2.45) is 0 Å². The van der Waals surface area contributed by atoms with E-state index in [-0.39, 0.29) is 6.61 Å². The van der Waals surface area contributed by atoms with Crippen molar-refractivity contribution in [2.75, 3.05) is 18.5 Å². The third-order valence-electron chi connectivity index (χ3n) is 2.06. The van der Waals surface area contributed by atoms with Crippen LogP contribution in [0.3, 0.4) is 0 Å². The van der Waals surface area contributed by atoms with Crippen molar-refractivity contribution in [1.29, 1.82) is 0 Å². The van der Waals surface area contributed by atoms with Crippen LogP contribution < -0.4 is 5.32 Å². The smallest absolute Gasteiger partial charge is 0.170 e. The van der Waals surface area contributed by atoms with E-state index < -0.39 is 0 Å². The Morgan fingerprint density at radius 2 is 2.06 bits per heavy atom. The first-order valence-electron chi connectivity index (χ1n) is 4.87. The first-order valence-corrected chi connectivity index (χ1v) is 5.25. The summed E-state index contributed by atoms with van der Waals surface area (Å²) in [5, 5.41) is 16.1. The molecule has 0 atom stereocenters. The fourth-order valence-corrected chi connectivity index (χ4v) is 1.42. The second-order valence-electron chi connectivity index (χ2n) is 3.23. The minimum Gasteiger partial charge on any atom is -0.395 e. The van der Waals surface area contributed by atoms with Gasteiger partial charge in [0.25, 0.3) is 0 Å². The quantitative estimate of drug-likeness (QED) is 0.859. The Balaban J connectivity index is 2.15. The molecule has 2 N–H and O–H groups in total. The van der Waals surface area contributed by atoms with E-state index in [1.165, 1.54) is 0 Å². The summed E-state index contributed by atoms with van der Waals surface area (Å²) in [7, 11) is 0. The molecule has 2 rings (SSSR count). The summed E-state index contributed by atoms with van der Waals surface area (Å²) in [5.74, 6) is 1.27. The molecule has 0 saturated heterocycles. The van der Waals surface area contributed by atoms with Crippen LogP contribution in [0.25, 0.3) is 11.3 Å². The molecule has 0 unspecified atom stereocenters. The Kier molecular flexibility index (Phi) is 3.44. The molecule has 0 bridgehead atoms. The van der Waals surface area contributed by atoms with Crippen LogP contribution in [0.2, 0.25) is 5.02 Å². The van der Waals surface area contributed by atoms with Gasteiger partial charge in [0.05, 0.1) is 6.61 Å². The van der Waals surface area contributed by atoms with Crippen LogP contribution in [0.4, 0.5) is 5.82 Å². The van der Waals surface area contributed by atoms with Crippen LogP contribution in [0.5, 0.6) is 0 Å². The lowest BCUT2D eigenvalue weighted by Crippen LogP contribution is -2.05. The third-order valence-corrected chi connectivity index (χ3v) is 2.31. The number of hydrogen-bond acceptors (Lipinski definition) is 4. The number of rotatable bonds is 4. The van der Waals surface area contributed by atoms with Gasteiger partial charge in [-0.1, -0.05) is 16.8 Å². The molecule has 16 heavy (non-hydrogen) atoms. The fraction of sp³-hybridized carbons (Fsp3) is 0.182. The van der Waals surface area contributed by atoms with Crippen molar-refractivity contribution in [3.8, 4) is 11.3 Å². The average Bonchev–Trinajstić information content (AvgIpc) is 2.76. The van der Waals surface area contributed by atoms with Crippen molar-refractivity contribution in [3.05, 3.63) is 35.4 Å². The number of aliphatic hydroxyl groups excluding tert-OH is 1. The Hall–Kier alpha value is -1.52. The number of hydrogen-bond donors (Lipinski definition) is 2. The molecule has 4 nitrogen and oxygen atoms in total. The molecule has 0 fully saturated rings. The van der Waals surface area contributed by atoms with E-state index in [1.807, 2.05) is 12.1 Å². The molecular weight excluding hydrogens is 228 g/mol. The highest BCUT2D eigenvalue weighted by Crippen LogP contribution is 2.23. The minimum absolute atomic E-state index is 0.0587. The van der Waals surface area contributed by atoms with Gasteiger partial charge in [0.2, 0.25) is 0 Å². The van der Waals surface area contributed by atoms with E-state index in [1.54, 1.807) is 18.2 Å². The van der Waals surface area contributed by atoms with E-state index in [4.69, 9.17) is 21.2 Å². The molecule has 0 amide bonds. The molecule has 0 aliphatic carbocycles. The molecule has 84 valence electrons. The molecule has 2 aromatic rings. The SMILES string of the molecule is OCCNc1cc(-c2ccc(Cl)cc2)on1. The predicted molar refractivity (Wildman–Crippen MR) is 62.5 cm³/mol.